The second-order valence-electron chi connectivity index (χ2n) is 5.89. The molecule has 11 heteroatoms. The lowest BCUT2D eigenvalue weighted by Crippen LogP contribution is -2.45. The molecule has 1 atom stereocenters. The summed E-state index contributed by atoms with van der Waals surface area (Å²) in [6.45, 7) is -1.27. The number of aliphatic hydroxyl groups excluding tert-OH is 1. The molecular weight excluding hydrogens is 401 g/mol. The molecule has 6 nitrogen and oxygen atoms in total. The number of hydrogen-bond acceptors (Lipinski definition) is 5. The fourth-order valence-corrected chi connectivity index (χ4v) is 2.39. The summed E-state index contributed by atoms with van der Waals surface area (Å²) in [5.74, 6) is -6.73. The van der Waals surface area contributed by atoms with Crippen LogP contribution in [-0.2, 0) is 12.0 Å². The first-order valence-electron chi connectivity index (χ1n) is 8.03. The van der Waals surface area contributed by atoms with Crippen LogP contribution in [0.2, 0.25) is 0 Å². The molecule has 0 radical (unpaired) electrons. The molecule has 0 aliphatic rings. The summed E-state index contributed by atoms with van der Waals surface area (Å²) in [6, 6.07) is 9.39. The van der Waals surface area contributed by atoms with Gasteiger partial charge in [0.05, 0.1) is 5.56 Å². The van der Waals surface area contributed by atoms with E-state index in [2.05, 4.69) is 10.1 Å². The van der Waals surface area contributed by atoms with E-state index < -0.39 is 47.6 Å². The minimum Gasteiger partial charge on any atom is -0.390 e. The van der Waals surface area contributed by atoms with Gasteiger partial charge >= 0.3 is 6.18 Å². The minimum atomic E-state index is -4.89. The maximum Gasteiger partial charge on any atom is 0.419 e. The lowest BCUT2D eigenvalue weighted by molar-refractivity contribution is -0.139. The maximum atomic E-state index is 15.0. The van der Waals surface area contributed by atoms with Gasteiger partial charge in [-0.25, -0.2) is 8.78 Å². The lowest BCUT2D eigenvalue weighted by Gasteiger charge is -2.20. The third-order valence-corrected chi connectivity index (χ3v) is 3.86. The van der Waals surface area contributed by atoms with Gasteiger partial charge in [-0.05, 0) is 24.3 Å². The highest BCUT2D eigenvalue weighted by Gasteiger charge is 2.40. The van der Waals surface area contributed by atoms with Crippen LogP contribution >= 0.6 is 0 Å². The average Bonchev–Trinajstić information content (AvgIpc) is 3.18. The molecular formula is C18H12F5N3O3. The molecule has 0 fully saturated rings. The number of halogens is 5. The number of carbonyl (C=O) groups excluding carboxylic acids is 1. The van der Waals surface area contributed by atoms with Crippen LogP contribution in [0.25, 0.3) is 11.4 Å². The number of rotatable bonds is 5. The van der Waals surface area contributed by atoms with Crippen molar-refractivity contribution in [1.29, 1.82) is 0 Å². The van der Waals surface area contributed by atoms with Crippen molar-refractivity contribution >= 4 is 5.91 Å². The highest BCUT2D eigenvalue weighted by molar-refractivity contribution is 5.94. The Hall–Kier alpha value is -3.34. The van der Waals surface area contributed by atoms with Gasteiger partial charge in [-0.1, -0.05) is 29.4 Å². The van der Waals surface area contributed by atoms with Gasteiger partial charge < -0.3 is 14.9 Å². The van der Waals surface area contributed by atoms with Crippen molar-refractivity contribution in [2.75, 3.05) is 6.61 Å². The van der Waals surface area contributed by atoms with E-state index >= 15 is 4.39 Å². The number of benzene rings is 2. The first kappa shape index (κ1) is 20.4. The van der Waals surface area contributed by atoms with Gasteiger partial charge in [0, 0.05) is 11.1 Å². The molecule has 0 saturated carbocycles. The molecule has 0 saturated heterocycles. The summed E-state index contributed by atoms with van der Waals surface area (Å²) in [4.78, 5) is 15.8. The highest BCUT2D eigenvalue weighted by Crippen LogP contribution is 2.33. The fraction of sp³-hybridized carbons (Fsp3) is 0.167. The third kappa shape index (κ3) is 4.24. The van der Waals surface area contributed by atoms with E-state index in [4.69, 9.17) is 4.52 Å². The normalized spacial score (nSPS) is 13.7. The highest BCUT2D eigenvalue weighted by atomic mass is 19.4. The Labute approximate surface area is 160 Å². The van der Waals surface area contributed by atoms with E-state index in [1.54, 1.807) is 6.07 Å². The van der Waals surface area contributed by atoms with E-state index in [-0.39, 0.29) is 11.1 Å². The number of nitrogens with zero attached hydrogens (tertiary/aromatic N) is 2. The standard InChI is InChI=1S/C18H12F5N3O3/c19-13-8-11(6-7-12(13)18(21,22)23)14-24-16(29-26-14)17(20,9-27)25-15(28)10-4-2-1-3-5-10/h1-8,27H,9H2,(H,25,28)/t17-/m1/s1. The Bertz CT molecular complexity index is 1020. The van der Waals surface area contributed by atoms with Crippen molar-refractivity contribution in [3.63, 3.8) is 0 Å². The van der Waals surface area contributed by atoms with Crippen LogP contribution in [0.1, 0.15) is 21.8 Å². The number of alkyl halides is 4. The van der Waals surface area contributed by atoms with Crippen molar-refractivity contribution in [3.8, 4) is 11.4 Å². The van der Waals surface area contributed by atoms with E-state index in [0.717, 1.165) is 6.07 Å². The number of carbonyl (C=O) groups is 1. The molecule has 0 aliphatic carbocycles. The van der Waals surface area contributed by atoms with Gasteiger partial charge in [-0.2, -0.15) is 18.2 Å². The Balaban J connectivity index is 1.87. The summed E-state index contributed by atoms with van der Waals surface area (Å²) in [6.07, 6.45) is -4.89. The average molecular weight is 413 g/mol. The van der Waals surface area contributed by atoms with E-state index in [9.17, 15) is 27.5 Å². The van der Waals surface area contributed by atoms with Crippen molar-refractivity contribution in [2.45, 2.75) is 12.0 Å². The number of amides is 1. The van der Waals surface area contributed by atoms with Crippen LogP contribution in [0.3, 0.4) is 0 Å². The fourth-order valence-electron chi connectivity index (χ4n) is 2.39. The molecule has 2 aromatic carbocycles. The zero-order valence-corrected chi connectivity index (χ0v) is 14.4. The van der Waals surface area contributed by atoms with Crippen molar-refractivity contribution < 1.29 is 36.4 Å². The van der Waals surface area contributed by atoms with E-state index in [1.165, 1.54) is 24.3 Å². The maximum absolute atomic E-state index is 15.0. The van der Waals surface area contributed by atoms with E-state index in [0.29, 0.717) is 12.1 Å². The minimum absolute atomic E-state index is 0.0903. The molecule has 0 aliphatic heterocycles. The van der Waals surface area contributed by atoms with Crippen molar-refractivity contribution in [3.05, 3.63) is 71.4 Å². The van der Waals surface area contributed by atoms with Crippen LogP contribution in [0.15, 0.2) is 53.1 Å². The number of aliphatic hydroxyl groups is 1. The molecule has 1 aromatic heterocycles. The summed E-state index contributed by atoms with van der Waals surface area (Å²) in [5.41, 5.74) is -1.62. The van der Waals surface area contributed by atoms with Crippen LogP contribution in [0.5, 0.6) is 0 Å². The Kier molecular flexibility index (Phi) is 5.33. The van der Waals surface area contributed by atoms with Gasteiger partial charge in [0.15, 0.2) is 0 Å². The van der Waals surface area contributed by atoms with Crippen molar-refractivity contribution in [1.82, 2.24) is 15.5 Å². The van der Waals surface area contributed by atoms with E-state index in [1.807, 2.05) is 5.32 Å². The molecule has 2 N–H and O–H groups in total. The summed E-state index contributed by atoms with van der Waals surface area (Å²) in [7, 11) is 0. The molecule has 29 heavy (non-hydrogen) atoms. The molecule has 1 heterocycles. The quantitative estimate of drug-likeness (QED) is 0.494. The SMILES string of the molecule is O=C(N[C@](F)(CO)c1nc(-c2ccc(C(F)(F)F)c(F)c2)no1)c1ccccc1. The molecule has 3 rings (SSSR count). The molecule has 1 amide bonds. The molecule has 3 aromatic rings. The molecule has 0 bridgehead atoms. The van der Waals surface area contributed by atoms with Gasteiger partial charge in [0.1, 0.15) is 12.4 Å². The zero-order valence-electron chi connectivity index (χ0n) is 14.4. The van der Waals surface area contributed by atoms with Gasteiger partial charge in [-0.15, -0.1) is 0 Å². The number of nitrogens with one attached hydrogen (secondary N) is 1. The topological polar surface area (TPSA) is 88.2 Å². The number of hydrogen-bond donors (Lipinski definition) is 2. The first-order valence-corrected chi connectivity index (χ1v) is 8.03. The Morgan fingerprint density at radius 1 is 1.10 bits per heavy atom. The first-order chi connectivity index (χ1) is 13.6. The monoisotopic (exact) mass is 413 g/mol. The van der Waals surface area contributed by atoms with Gasteiger partial charge in [-0.3, -0.25) is 4.79 Å². The zero-order chi connectivity index (χ0) is 21.2. The smallest absolute Gasteiger partial charge is 0.390 e. The summed E-state index contributed by atoms with van der Waals surface area (Å²) >= 11 is 0. The second kappa shape index (κ2) is 7.59. The Morgan fingerprint density at radius 3 is 2.38 bits per heavy atom. The second-order valence-corrected chi connectivity index (χ2v) is 5.89. The number of aromatic nitrogens is 2. The molecule has 0 unspecified atom stereocenters. The summed E-state index contributed by atoms with van der Waals surface area (Å²) < 4.78 is 71.4. The van der Waals surface area contributed by atoms with Crippen LogP contribution < -0.4 is 5.32 Å². The molecule has 0 spiro atoms. The lowest BCUT2D eigenvalue weighted by atomic mass is 10.1. The van der Waals surface area contributed by atoms with Crippen LogP contribution in [0.4, 0.5) is 22.0 Å². The summed E-state index contributed by atoms with van der Waals surface area (Å²) in [5, 5.41) is 14.7. The predicted octanol–water partition coefficient (Wildman–Crippen LogP) is 3.44. The van der Waals surface area contributed by atoms with Crippen LogP contribution in [-0.4, -0.2) is 27.8 Å². The van der Waals surface area contributed by atoms with Gasteiger partial charge in [0.2, 0.25) is 5.82 Å². The van der Waals surface area contributed by atoms with Crippen LogP contribution in [0, 0.1) is 5.82 Å². The largest absolute Gasteiger partial charge is 0.419 e. The third-order valence-electron chi connectivity index (χ3n) is 3.86. The van der Waals surface area contributed by atoms with Gasteiger partial charge in [0.25, 0.3) is 17.6 Å². The van der Waals surface area contributed by atoms with Crippen molar-refractivity contribution in [2.24, 2.45) is 0 Å². The predicted molar refractivity (Wildman–Crippen MR) is 88.5 cm³/mol. The Morgan fingerprint density at radius 2 is 1.79 bits per heavy atom. The molecule has 152 valence electrons.